The van der Waals surface area contributed by atoms with E-state index in [9.17, 15) is 9.59 Å². The monoisotopic (exact) mass is 464 g/mol. The van der Waals surface area contributed by atoms with E-state index in [4.69, 9.17) is 4.42 Å². The van der Waals surface area contributed by atoms with Crippen molar-refractivity contribution in [3.63, 3.8) is 0 Å². The molecule has 0 aliphatic heterocycles. The Morgan fingerprint density at radius 2 is 1.51 bits per heavy atom. The number of nitrogens with zero attached hydrogens (tertiary/aromatic N) is 3. The molecule has 35 heavy (non-hydrogen) atoms. The molecule has 0 saturated heterocycles. The highest BCUT2D eigenvalue weighted by Crippen LogP contribution is 2.21. The van der Waals surface area contributed by atoms with E-state index in [2.05, 4.69) is 30.9 Å². The van der Waals surface area contributed by atoms with Crippen molar-refractivity contribution in [3.05, 3.63) is 107 Å². The van der Waals surface area contributed by atoms with Gasteiger partial charge in [-0.2, -0.15) is 0 Å². The first kappa shape index (κ1) is 21.8. The van der Waals surface area contributed by atoms with Crippen LogP contribution in [0.1, 0.15) is 16.2 Å². The van der Waals surface area contributed by atoms with Crippen LogP contribution in [0.15, 0.2) is 94.3 Å². The first-order valence-electron chi connectivity index (χ1n) is 10.8. The van der Waals surface area contributed by atoms with Crippen molar-refractivity contribution >= 4 is 45.7 Å². The predicted molar refractivity (Wildman–Crippen MR) is 134 cm³/mol. The van der Waals surface area contributed by atoms with Crippen molar-refractivity contribution < 1.29 is 9.21 Å². The highest BCUT2D eigenvalue weighted by molar-refractivity contribution is 6.05. The molecule has 1 amide bonds. The van der Waals surface area contributed by atoms with Crippen LogP contribution < -0.4 is 21.6 Å². The van der Waals surface area contributed by atoms with E-state index in [0.717, 1.165) is 5.69 Å². The normalized spacial score (nSPS) is 10.7. The van der Waals surface area contributed by atoms with Crippen LogP contribution in [0.3, 0.4) is 0 Å². The van der Waals surface area contributed by atoms with Gasteiger partial charge in [0.15, 0.2) is 0 Å². The van der Waals surface area contributed by atoms with Gasteiger partial charge < -0.3 is 20.4 Å². The van der Waals surface area contributed by atoms with Gasteiger partial charge in [-0.25, -0.2) is 19.7 Å². The number of pyridine rings is 1. The van der Waals surface area contributed by atoms with Gasteiger partial charge >= 0.3 is 5.63 Å². The molecular weight excluding hydrogens is 444 g/mol. The molecule has 0 atom stereocenters. The van der Waals surface area contributed by atoms with E-state index >= 15 is 0 Å². The number of para-hydroxylation sites is 1. The number of anilines is 5. The van der Waals surface area contributed by atoms with E-state index in [1.807, 2.05) is 24.3 Å². The minimum Gasteiger partial charge on any atom is -0.422 e. The average molecular weight is 464 g/mol. The van der Waals surface area contributed by atoms with Gasteiger partial charge in [-0.15, -0.1) is 0 Å². The lowest BCUT2D eigenvalue weighted by atomic mass is 10.1. The fraction of sp³-hybridized carbons (Fsp3) is 0.0385. The Morgan fingerprint density at radius 3 is 2.29 bits per heavy atom. The van der Waals surface area contributed by atoms with E-state index < -0.39 is 11.5 Å². The summed E-state index contributed by atoms with van der Waals surface area (Å²) in [4.78, 5) is 37.9. The molecule has 0 fully saturated rings. The van der Waals surface area contributed by atoms with Gasteiger partial charge in [-0.1, -0.05) is 24.3 Å². The number of hydrogen-bond donors (Lipinski definition) is 3. The van der Waals surface area contributed by atoms with Crippen molar-refractivity contribution in [2.45, 2.75) is 6.92 Å². The molecular formula is C26H20N6O3. The standard InChI is InChI=1S/C26H20N6O3/c1-16-28-23(15-24(29-16)32-22-8-4-5-13-27-22)30-18-9-11-19(12-10-18)31-25(33)20-14-17-6-2-3-7-21(17)35-26(20)34/h2-15H,1H3,(H,31,33)(H2,27,28,29,30,32). The molecule has 5 aromatic rings. The van der Waals surface area contributed by atoms with E-state index in [-0.39, 0.29) is 5.56 Å². The maximum atomic E-state index is 12.7. The van der Waals surface area contributed by atoms with Crippen molar-refractivity contribution in [3.8, 4) is 0 Å². The maximum Gasteiger partial charge on any atom is 0.349 e. The fourth-order valence-corrected chi connectivity index (χ4v) is 3.47. The Kier molecular flexibility index (Phi) is 5.87. The second kappa shape index (κ2) is 9.44. The van der Waals surface area contributed by atoms with Crippen LogP contribution in [0, 0.1) is 6.92 Å². The summed E-state index contributed by atoms with van der Waals surface area (Å²) in [6.07, 6.45) is 1.70. The lowest BCUT2D eigenvalue weighted by molar-refractivity contribution is 0.102. The first-order chi connectivity index (χ1) is 17.0. The molecule has 2 aromatic carbocycles. The summed E-state index contributed by atoms with van der Waals surface area (Å²) in [5, 5.41) is 9.78. The number of amides is 1. The highest BCUT2D eigenvalue weighted by Gasteiger charge is 2.14. The molecule has 3 aromatic heterocycles. The second-order valence-corrected chi connectivity index (χ2v) is 7.67. The molecule has 0 saturated carbocycles. The third-order valence-electron chi connectivity index (χ3n) is 5.06. The maximum absolute atomic E-state index is 12.7. The van der Waals surface area contributed by atoms with Gasteiger partial charge in [0.25, 0.3) is 5.91 Å². The zero-order valence-electron chi connectivity index (χ0n) is 18.6. The number of hydrogen-bond acceptors (Lipinski definition) is 8. The number of aromatic nitrogens is 3. The van der Waals surface area contributed by atoms with Crippen molar-refractivity contribution in [1.29, 1.82) is 0 Å². The van der Waals surface area contributed by atoms with Gasteiger partial charge in [0.05, 0.1) is 0 Å². The third kappa shape index (κ3) is 5.14. The number of rotatable bonds is 6. The van der Waals surface area contributed by atoms with E-state index in [1.54, 1.807) is 61.7 Å². The van der Waals surface area contributed by atoms with Crippen LogP contribution >= 0.6 is 0 Å². The minimum atomic E-state index is -0.686. The van der Waals surface area contributed by atoms with Gasteiger partial charge in [0, 0.05) is 29.0 Å². The molecule has 0 unspecified atom stereocenters. The molecule has 9 nitrogen and oxygen atoms in total. The largest absolute Gasteiger partial charge is 0.422 e. The summed E-state index contributed by atoms with van der Waals surface area (Å²) in [6, 6.07) is 23.0. The zero-order chi connectivity index (χ0) is 24.2. The van der Waals surface area contributed by atoms with Crippen LogP contribution in [-0.2, 0) is 0 Å². The average Bonchev–Trinajstić information content (AvgIpc) is 2.85. The van der Waals surface area contributed by atoms with Crippen LogP contribution in [0.25, 0.3) is 11.0 Å². The summed E-state index contributed by atoms with van der Waals surface area (Å²) >= 11 is 0. The van der Waals surface area contributed by atoms with Gasteiger partial charge in [-0.3, -0.25) is 4.79 Å². The SMILES string of the molecule is Cc1nc(Nc2ccc(NC(=O)c3cc4ccccc4oc3=O)cc2)cc(Nc2ccccn2)n1. The first-order valence-corrected chi connectivity index (χ1v) is 10.8. The van der Waals surface area contributed by atoms with Crippen LogP contribution in [0.5, 0.6) is 0 Å². The lowest BCUT2D eigenvalue weighted by Gasteiger charge is -2.11. The quantitative estimate of drug-likeness (QED) is 0.299. The Hall–Kier alpha value is -5.05. The Bertz CT molecular complexity index is 1570. The smallest absolute Gasteiger partial charge is 0.349 e. The minimum absolute atomic E-state index is 0.0599. The molecule has 9 heteroatoms. The summed E-state index contributed by atoms with van der Waals surface area (Å²) in [6.45, 7) is 1.80. The lowest BCUT2D eigenvalue weighted by Crippen LogP contribution is -2.20. The highest BCUT2D eigenvalue weighted by atomic mass is 16.4. The number of carbonyl (C=O) groups is 1. The van der Waals surface area contributed by atoms with E-state index in [0.29, 0.717) is 39.9 Å². The Labute approximate surface area is 199 Å². The predicted octanol–water partition coefficient (Wildman–Crippen LogP) is 5.03. The Balaban J connectivity index is 1.28. The third-order valence-corrected chi connectivity index (χ3v) is 5.06. The van der Waals surface area contributed by atoms with Crippen molar-refractivity contribution in [2.24, 2.45) is 0 Å². The van der Waals surface area contributed by atoms with Gasteiger partial charge in [-0.05, 0) is 55.5 Å². The van der Waals surface area contributed by atoms with Gasteiger partial charge in [0.2, 0.25) is 0 Å². The van der Waals surface area contributed by atoms with Crippen molar-refractivity contribution in [1.82, 2.24) is 15.0 Å². The van der Waals surface area contributed by atoms with Gasteiger partial charge in [0.1, 0.15) is 34.4 Å². The number of fused-ring (bicyclic) bond motifs is 1. The molecule has 3 N–H and O–H groups in total. The molecule has 0 radical (unpaired) electrons. The number of benzene rings is 2. The Morgan fingerprint density at radius 1 is 0.800 bits per heavy atom. The molecule has 0 aliphatic carbocycles. The molecule has 0 aliphatic rings. The summed E-state index contributed by atoms with van der Waals surface area (Å²) in [7, 11) is 0. The molecule has 5 rings (SSSR count). The molecule has 172 valence electrons. The van der Waals surface area contributed by atoms with E-state index in [1.165, 1.54) is 6.07 Å². The topological polar surface area (TPSA) is 122 Å². The summed E-state index contributed by atoms with van der Waals surface area (Å²) in [5.41, 5.74) is 0.978. The zero-order valence-corrected chi connectivity index (χ0v) is 18.6. The van der Waals surface area contributed by atoms with Crippen LogP contribution in [0.4, 0.5) is 28.8 Å². The number of carbonyl (C=O) groups excluding carboxylic acids is 1. The molecule has 0 bridgehead atoms. The summed E-state index contributed by atoms with van der Waals surface area (Å²) in [5.74, 6) is 1.93. The van der Waals surface area contributed by atoms with Crippen molar-refractivity contribution in [2.75, 3.05) is 16.0 Å². The van der Waals surface area contributed by atoms with Crippen LogP contribution in [-0.4, -0.2) is 20.9 Å². The fourth-order valence-electron chi connectivity index (χ4n) is 3.47. The van der Waals surface area contributed by atoms with Crippen LogP contribution in [0.2, 0.25) is 0 Å². The number of nitrogens with one attached hydrogen (secondary N) is 3. The summed E-state index contributed by atoms with van der Waals surface area (Å²) < 4.78 is 5.25. The molecule has 3 heterocycles. The second-order valence-electron chi connectivity index (χ2n) is 7.67. The molecule has 0 spiro atoms. The number of aryl methyl sites for hydroxylation is 1.